The molecule has 0 amide bonds. The maximum atomic E-state index is 11.3. The summed E-state index contributed by atoms with van der Waals surface area (Å²) in [6.45, 7) is 5.85. The predicted molar refractivity (Wildman–Crippen MR) is 87.9 cm³/mol. The maximum Gasteiger partial charge on any atom is 0.0818 e. The highest BCUT2D eigenvalue weighted by atomic mass is 35.5. The highest BCUT2D eigenvalue weighted by Gasteiger charge is 2.19. The van der Waals surface area contributed by atoms with Crippen molar-refractivity contribution in [1.82, 2.24) is 5.32 Å². The molecule has 1 fully saturated rings. The molecule has 21 heavy (non-hydrogen) atoms. The number of halogens is 1. The first-order chi connectivity index (χ1) is 9.72. The van der Waals surface area contributed by atoms with Gasteiger partial charge in [-0.2, -0.15) is 0 Å². The molecule has 1 aliphatic heterocycles. The van der Waals surface area contributed by atoms with Crippen molar-refractivity contribution >= 4 is 45.5 Å². The van der Waals surface area contributed by atoms with Crippen LogP contribution in [0.1, 0.15) is 22.2 Å². The first kappa shape index (κ1) is 16.1. The van der Waals surface area contributed by atoms with Crippen LogP contribution < -0.4 is 15.3 Å². The van der Waals surface area contributed by atoms with Crippen molar-refractivity contribution in [3.05, 3.63) is 28.6 Å². The smallest absolute Gasteiger partial charge is 0.0818 e. The van der Waals surface area contributed by atoms with Gasteiger partial charge in [0.25, 0.3) is 0 Å². The van der Waals surface area contributed by atoms with Crippen LogP contribution >= 0.6 is 23.7 Å². The summed E-state index contributed by atoms with van der Waals surface area (Å²) in [5, 5.41) is 15.8. The fourth-order valence-electron chi connectivity index (χ4n) is 2.86. The van der Waals surface area contributed by atoms with Crippen LogP contribution in [0, 0.1) is 0 Å². The molecule has 1 aromatic heterocycles. The van der Waals surface area contributed by atoms with Gasteiger partial charge in [-0.1, -0.05) is 13.0 Å². The van der Waals surface area contributed by atoms with E-state index in [2.05, 4.69) is 16.3 Å². The minimum atomic E-state index is -1.06. The van der Waals surface area contributed by atoms with Gasteiger partial charge >= 0.3 is 0 Å². The van der Waals surface area contributed by atoms with Crippen molar-refractivity contribution < 1.29 is 9.90 Å². The van der Waals surface area contributed by atoms with Crippen LogP contribution in [0.15, 0.2) is 18.2 Å². The summed E-state index contributed by atoms with van der Waals surface area (Å²) < 4.78 is 1.04. The molecule has 4 nitrogen and oxygen atoms in total. The fourth-order valence-corrected chi connectivity index (χ4v) is 4.01. The van der Waals surface area contributed by atoms with Gasteiger partial charge in [0, 0.05) is 42.0 Å². The molecule has 0 spiro atoms. The Labute approximate surface area is 134 Å². The normalized spacial score (nSPS) is 15.0. The van der Waals surface area contributed by atoms with Gasteiger partial charge in [0.2, 0.25) is 0 Å². The van der Waals surface area contributed by atoms with Crippen molar-refractivity contribution in [2.45, 2.75) is 13.3 Å². The summed E-state index contributed by atoms with van der Waals surface area (Å²) in [7, 11) is 0. The van der Waals surface area contributed by atoms with E-state index in [4.69, 9.17) is 0 Å². The van der Waals surface area contributed by atoms with E-state index in [1.165, 1.54) is 11.3 Å². The third kappa shape index (κ3) is 2.86. The molecule has 1 N–H and O–H groups in total. The number of piperazine rings is 1. The molecule has 0 unspecified atom stereocenters. The monoisotopic (exact) mass is 325 g/mol. The van der Waals surface area contributed by atoms with Gasteiger partial charge in [0.05, 0.1) is 10.8 Å². The minimum absolute atomic E-state index is 0. The quantitative estimate of drug-likeness (QED) is 0.932. The molecule has 0 atom stereocenters. The number of nitrogens with one attached hydrogen (secondary N) is 1. The van der Waals surface area contributed by atoms with Crippen molar-refractivity contribution in [1.29, 1.82) is 0 Å². The molecule has 3 rings (SSSR count). The summed E-state index contributed by atoms with van der Waals surface area (Å²) in [5.41, 5.74) is 2.07. The van der Waals surface area contributed by atoms with Crippen molar-refractivity contribution in [2.75, 3.05) is 31.1 Å². The van der Waals surface area contributed by atoms with Crippen molar-refractivity contribution in [3.63, 3.8) is 0 Å². The topological polar surface area (TPSA) is 55.4 Å². The van der Waals surface area contributed by atoms with E-state index in [1.807, 2.05) is 19.1 Å². The second-order valence-corrected chi connectivity index (χ2v) is 5.99. The Hall–Kier alpha value is -1.30. The lowest BCUT2D eigenvalue weighted by Gasteiger charge is -2.30. The number of benzene rings is 1. The van der Waals surface area contributed by atoms with E-state index < -0.39 is 5.97 Å². The van der Waals surface area contributed by atoms with Gasteiger partial charge in [-0.15, -0.1) is 23.7 Å². The summed E-state index contributed by atoms with van der Waals surface area (Å²) in [5.74, 6) is -1.06. The molecule has 114 valence electrons. The largest absolute Gasteiger partial charge is 0.544 e. The number of rotatable bonds is 3. The molecule has 0 radical (unpaired) electrons. The average Bonchev–Trinajstić information content (AvgIpc) is 2.87. The number of carbonyl (C=O) groups excluding carboxylic acids is 1. The summed E-state index contributed by atoms with van der Waals surface area (Å²) >= 11 is 1.33. The molecule has 2 aromatic rings. The first-order valence-corrected chi connectivity index (χ1v) is 7.75. The van der Waals surface area contributed by atoms with E-state index in [9.17, 15) is 9.90 Å². The highest BCUT2D eigenvalue weighted by Crippen LogP contribution is 2.38. The average molecular weight is 326 g/mol. The van der Waals surface area contributed by atoms with Gasteiger partial charge in [-0.05, 0) is 24.1 Å². The zero-order chi connectivity index (χ0) is 14.1. The van der Waals surface area contributed by atoms with Gasteiger partial charge in [0.1, 0.15) is 0 Å². The van der Waals surface area contributed by atoms with E-state index in [0.29, 0.717) is 11.3 Å². The number of carboxylic acids is 1. The number of carboxylic acid groups (broad SMARTS) is 1. The molecule has 0 aliphatic carbocycles. The molecule has 1 aliphatic rings. The number of hydrogen-bond donors (Lipinski definition) is 1. The predicted octanol–water partition coefficient (Wildman–Crippen LogP) is 1.66. The van der Waals surface area contributed by atoms with Crippen molar-refractivity contribution in [2.24, 2.45) is 0 Å². The Morgan fingerprint density at radius 2 is 2.10 bits per heavy atom. The Morgan fingerprint density at radius 3 is 2.71 bits per heavy atom. The number of fused-ring (bicyclic) bond motifs is 1. The van der Waals surface area contributed by atoms with E-state index in [0.717, 1.165) is 47.5 Å². The lowest BCUT2D eigenvalue weighted by Crippen LogP contribution is -2.43. The zero-order valence-corrected chi connectivity index (χ0v) is 13.5. The Balaban J connectivity index is 0.00000161. The third-order valence-corrected chi connectivity index (χ3v) is 4.97. The van der Waals surface area contributed by atoms with Crippen LogP contribution in [0.25, 0.3) is 10.1 Å². The Bertz CT molecular complexity index is 650. The van der Waals surface area contributed by atoms with E-state index in [1.54, 1.807) is 0 Å². The standard InChI is InChI=1S/C15H18N2O2S.ClH/c1-2-10-13-11(17-8-6-16-7-9-17)4-3-5-12(13)20-14(10)15(18)19;/h3-5,16H,2,6-9H2,1H3,(H,18,19);1H/p-1. The number of nitrogens with zero attached hydrogens (tertiary/aromatic N) is 1. The highest BCUT2D eigenvalue weighted by molar-refractivity contribution is 7.21. The molecule has 1 saturated heterocycles. The number of aryl methyl sites for hydroxylation is 1. The lowest BCUT2D eigenvalue weighted by atomic mass is 10.1. The summed E-state index contributed by atoms with van der Waals surface area (Å²) in [6, 6.07) is 6.10. The van der Waals surface area contributed by atoms with Gasteiger partial charge < -0.3 is 20.1 Å². The van der Waals surface area contributed by atoms with Gasteiger partial charge in [-0.25, -0.2) is 0 Å². The van der Waals surface area contributed by atoms with Crippen LogP contribution in [0.4, 0.5) is 5.69 Å². The molecular formula is C15H18ClN2O2S-. The van der Waals surface area contributed by atoms with Gasteiger partial charge in [0.15, 0.2) is 0 Å². The molecule has 1 aromatic carbocycles. The van der Waals surface area contributed by atoms with Crippen LogP contribution in [0.2, 0.25) is 0 Å². The maximum absolute atomic E-state index is 11.3. The second-order valence-electron chi connectivity index (χ2n) is 4.94. The molecular weight excluding hydrogens is 308 g/mol. The molecule has 2 heterocycles. The lowest BCUT2D eigenvalue weighted by molar-refractivity contribution is -0.254. The van der Waals surface area contributed by atoms with E-state index >= 15 is 0 Å². The van der Waals surface area contributed by atoms with Gasteiger partial charge in [-0.3, -0.25) is 0 Å². The number of hydrogen-bond acceptors (Lipinski definition) is 5. The van der Waals surface area contributed by atoms with Crippen LogP contribution in [0.5, 0.6) is 0 Å². The van der Waals surface area contributed by atoms with Crippen LogP contribution in [-0.2, 0) is 6.42 Å². The third-order valence-electron chi connectivity index (χ3n) is 3.79. The molecule has 0 bridgehead atoms. The molecule has 6 heteroatoms. The minimum Gasteiger partial charge on any atom is -0.544 e. The number of aromatic carboxylic acids is 1. The zero-order valence-electron chi connectivity index (χ0n) is 11.8. The van der Waals surface area contributed by atoms with Crippen molar-refractivity contribution in [3.8, 4) is 0 Å². The van der Waals surface area contributed by atoms with E-state index in [-0.39, 0.29) is 12.4 Å². The number of carbonyl (C=O) groups is 1. The fraction of sp³-hybridized carbons (Fsp3) is 0.400. The second kappa shape index (κ2) is 6.64. The molecule has 0 saturated carbocycles. The Kier molecular flexibility index (Phi) is 5.08. The summed E-state index contributed by atoms with van der Waals surface area (Å²) in [6.07, 6.45) is 0.715. The summed E-state index contributed by atoms with van der Waals surface area (Å²) in [4.78, 5) is 14.0. The Morgan fingerprint density at radius 1 is 1.38 bits per heavy atom. The van der Waals surface area contributed by atoms with Crippen LogP contribution in [-0.4, -0.2) is 32.1 Å². The SMILES string of the molecule is CCc1c(C(=O)[O-])sc2cccc(N3CCNCC3)c12.Cl. The number of anilines is 1. The van der Waals surface area contributed by atoms with Crippen LogP contribution in [0.3, 0.4) is 0 Å². The first-order valence-electron chi connectivity index (χ1n) is 6.93. The number of thiophene rings is 1.